The predicted molar refractivity (Wildman–Crippen MR) is 120 cm³/mol. The maximum absolute atomic E-state index is 12.7. The fraction of sp³-hybridized carbons (Fsp3) is 0.0476. The molecule has 2 aromatic carbocycles. The highest BCUT2D eigenvalue weighted by Gasteiger charge is 2.35. The van der Waals surface area contributed by atoms with Crippen LogP contribution >= 0.6 is 50.9 Å². The number of rotatable bonds is 4. The van der Waals surface area contributed by atoms with E-state index >= 15 is 0 Å². The van der Waals surface area contributed by atoms with Crippen LogP contribution in [0.5, 0.6) is 0 Å². The molecule has 1 aliphatic rings. The van der Waals surface area contributed by atoms with Crippen molar-refractivity contribution in [2.45, 2.75) is 6.54 Å². The number of imide groups is 1. The summed E-state index contributed by atoms with van der Waals surface area (Å²) < 4.78 is 6.73. The van der Waals surface area contributed by atoms with Crippen molar-refractivity contribution >= 4 is 68.1 Å². The largest absolute Gasteiger partial charge is 0.457 e. The molecule has 29 heavy (non-hydrogen) atoms. The van der Waals surface area contributed by atoms with Crippen LogP contribution < -0.4 is 0 Å². The zero-order chi connectivity index (χ0) is 20.5. The number of halogens is 3. The first-order valence-corrected chi connectivity index (χ1v) is 10.8. The number of hydrogen-bond donors (Lipinski definition) is 0. The molecule has 0 unspecified atom stereocenters. The van der Waals surface area contributed by atoms with Crippen LogP contribution in [0, 0.1) is 0 Å². The highest BCUT2D eigenvalue weighted by molar-refractivity contribution is 9.10. The van der Waals surface area contributed by atoms with Crippen LogP contribution in [0.15, 0.2) is 68.4 Å². The van der Waals surface area contributed by atoms with Gasteiger partial charge in [0.05, 0.1) is 21.5 Å². The Bertz CT molecular complexity index is 1140. The third-order valence-corrected chi connectivity index (χ3v) is 6.50. The average Bonchev–Trinajstić information content (AvgIpc) is 3.26. The van der Waals surface area contributed by atoms with E-state index in [4.69, 9.17) is 27.6 Å². The average molecular weight is 509 g/mol. The van der Waals surface area contributed by atoms with Gasteiger partial charge in [-0.3, -0.25) is 14.5 Å². The van der Waals surface area contributed by atoms with Crippen molar-refractivity contribution < 1.29 is 14.0 Å². The minimum absolute atomic E-state index is 0.219. The van der Waals surface area contributed by atoms with Gasteiger partial charge >= 0.3 is 0 Å². The highest BCUT2D eigenvalue weighted by Crippen LogP contribution is 2.37. The van der Waals surface area contributed by atoms with Crippen LogP contribution in [0.3, 0.4) is 0 Å². The quantitative estimate of drug-likeness (QED) is 0.348. The van der Waals surface area contributed by atoms with Gasteiger partial charge in [-0.1, -0.05) is 57.3 Å². The number of benzene rings is 2. The monoisotopic (exact) mass is 507 g/mol. The smallest absolute Gasteiger partial charge is 0.293 e. The summed E-state index contributed by atoms with van der Waals surface area (Å²) in [5.41, 5.74) is 1.52. The Kier molecular flexibility index (Phi) is 5.88. The van der Waals surface area contributed by atoms with Gasteiger partial charge in [0.2, 0.25) is 0 Å². The number of nitrogens with zero attached hydrogens (tertiary/aromatic N) is 1. The molecule has 0 saturated carbocycles. The van der Waals surface area contributed by atoms with Gasteiger partial charge in [0.15, 0.2) is 0 Å². The Morgan fingerprint density at radius 1 is 1.03 bits per heavy atom. The lowest BCUT2D eigenvalue weighted by Crippen LogP contribution is -2.27. The molecular formula is C21H12BrCl2NO3S. The third kappa shape index (κ3) is 4.31. The molecule has 3 aromatic rings. The molecule has 146 valence electrons. The molecule has 0 aliphatic carbocycles. The fourth-order valence-corrected chi connectivity index (χ4v) is 4.28. The molecule has 0 N–H and O–H groups in total. The normalized spacial score (nSPS) is 15.6. The van der Waals surface area contributed by atoms with Crippen molar-refractivity contribution in [3.63, 3.8) is 0 Å². The highest BCUT2D eigenvalue weighted by atomic mass is 79.9. The van der Waals surface area contributed by atoms with Crippen molar-refractivity contribution in [2.75, 3.05) is 0 Å². The molecule has 0 spiro atoms. The van der Waals surface area contributed by atoms with E-state index in [-0.39, 0.29) is 17.7 Å². The Balaban J connectivity index is 1.55. The summed E-state index contributed by atoms with van der Waals surface area (Å²) in [7, 11) is 0. The van der Waals surface area contributed by atoms with E-state index in [2.05, 4.69) is 15.9 Å². The van der Waals surface area contributed by atoms with Crippen LogP contribution in [0.25, 0.3) is 17.4 Å². The molecule has 4 nitrogen and oxygen atoms in total. The van der Waals surface area contributed by atoms with Crippen molar-refractivity contribution in [3.05, 3.63) is 85.3 Å². The number of carbonyl (C=O) groups excluding carboxylic acids is 2. The zero-order valence-corrected chi connectivity index (χ0v) is 18.6. The van der Waals surface area contributed by atoms with E-state index in [1.165, 1.54) is 4.90 Å². The lowest BCUT2D eigenvalue weighted by Gasteiger charge is -2.12. The molecule has 4 rings (SSSR count). The molecule has 1 aromatic heterocycles. The summed E-state index contributed by atoms with van der Waals surface area (Å²) >= 11 is 16.6. The van der Waals surface area contributed by atoms with Gasteiger partial charge in [-0.15, -0.1) is 0 Å². The van der Waals surface area contributed by atoms with E-state index in [1.54, 1.807) is 36.4 Å². The number of hydrogen-bond acceptors (Lipinski definition) is 4. The minimum atomic E-state index is -0.346. The number of furan rings is 1. The number of carbonyl (C=O) groups is 2. The molecule has 0 bridgehead atoms. The molecule has 0 atom stereocenters. The second-order valence-corrected chi connectivity index (χ2v) is 8.89. The molecule has 1 fully saturated rings. The van der Waals surface area contributed by atoms with E-state index in [0.29, 0.717) is 32.0 Å². The first-order chi connectivity index (χ1) is 13.9. The summed E-state index contributed by atoms with van der Waals surface area (Å²) in [6.07, 6.45) is 1.56. The van der Waals surface area contributed by atoms with Crippen molar-refractivity contribution in [2.24, 2.45) is 0 Å². The summed E-state index contributed by atoms with van der Waals surface area (Å²) in [6.45, 7) is 0.219. The second-order valence-electron chi connectivity index (χ2n) is 6.20. The van der Waals surface area contributed by atoms with Gasteiger partial charge in [-0.05, 0) is 53.7 Å². The zero-order valence-electron chi connectivity index (χ0n) is 14.7. The Hall–Kier alpha value is -1.99. The van der Waals surface area contributed by atoms with E-state index < -0.39 is 0 Å². The summed E-state index contributed by atoms with van der Waals surface area (Å²) in [5.74, 6) is 0.629. The second kappa shape index (κ2) is 8.40. The van der Waals surface area contributed by atoms with Crippen LogP contribution in [0.4, 0.5) is 4.79 Å². The lowest BCUT2D eigenvalue weighted by molar-refractivity contribution is -0.123. The summed E-state index contributed by atoms with van der Waals surface area (Å²) in [4.78, 5) is 26.5. The van der Waals surface area contributed by atoms with Crippen molar-refractivity contribution in [3.8, 4) is 11.3 Å². The molecule has 1 saturated heterocycles. The van der Waals surface area contributed by atoms with Gasteiger partial charge in [0.25, 0.3) is 11.1 Å². The molecule has 2 heterocycles. The first-order valence-electron chi connectivity index (χ1n) is 8.46. The maximum Gasteiger partial charge on any atom is 0.293 e. The van der Waals surface area contributed by atoms with E-state index in [9.17, 15) is 9.59 Å². The molecule has 0 radical (unpaired) electrons. The van der Waals surface area contributed by atoms with Gasteiger partial charge in [-0.2, -0.15) is 0 Å². The fourth-order valence-electron chi connectivity index (χ4n) is 2.81. The topological polar surface area (TPSA) is 50.5 Å². The van der Waals surface area contributed by atoms with Gasteiger partial charge in [0.1, 0.15) is 11.5 Å². The number of amides is 2. The Labute approximate surface area is 189 Å². The van der Waals surface area contributed by atoms with Crippen molar-refractivity contribution in [1.82, 2.24) is 4.90 Å². The van der Waals surface area contributed by atoms with Crippen LogP contribution in [-0.4, -0.2) is 16.0 Å². The van der Waals surface area contributed by atoms with Gasteiger partial charge in [-0.25, -0.2) is 0 Å². The van der Waals surface area contributed by atoms with E-state index in [1.807, 2.05) is 24.3 Å². The first kappa shape index (κ1) is 20.3. The number of thioether (sulfide) groups is 1. The van der Waals surface area contributed by atoms with Crippen molar-refractivity contribution in [1.29, 1.82) is 0 Å². The van der Waals surface area contributed by atoms with Crippen LogP contribution in [0.2, 0.25) is 10.0 Å². The van der Waals surface area contributed by atoms with Gasteiger partial charge in [0, 0.05) is 16.1 Å². The predicted octanol–water partition coefficient (Wildman–Crippen LogP) is 7.25. The van der Waals surface area contributed by atoms with E-state index in [0.717, 1.165) is 21.8 Å². The minimum Gasteiger partial charge on any atom is -0.457 e. The molecule has 1 aliphatic heterocycles. The maximum atomic E-state index is 12.7. The molecule has 8 heteroatoms. The lowest BCUT2D eigenvalue weighted by atomic mass is 10.2. The molecule has 2 amide bonds. The summed E-state index contributed by atoms with van der Waals surface area (Å²) in [6, 6.07) is 16.2. The Morgan fingerprint density at radius 3 is 2.55 bits per heavy atom. The molecular weight excluding hydrogens is 497 g/mol. The Morgan fingerprint density at radius 2 is 1.79 bits per heavy atom. The van der Waals surface area contributed by atoms with Crippen LogP contribution in [-0.2, 0) is 11.3 Å². The summed E-state index contributed by atoms with van der Waals surface area (Å²) in [5, 5.41) is 0.509. The van der Waals surface area contributed by atoms with Crippen LogP contribution in [0.1, 0.15) is 11.3 Å². The third-order valence-electron chi connectivity index (χ3n) is 4.24. The van der Waals surface area contributed by atoms with Gasteiger partial charge < -0.3 is 4.42 Å². The standard InChI is InChI=1S/C21H12BrCl2NO3S/c22-13-6-4-12(5-7-13)11-25-20(26)18(29-21(25)27)10-14-8-9-17(28-14)15-2-1-3-16(23)19(15)24/h1-10H,11H2/b18-10-. The SMILES string of the molecule is O=C1S/C(=C\c2ccc(-c3cccc(Cl)c3Cl)o2)C(=O)N1Cc1ccc(Br)cc1.